The van der Waals surface area contributed by atoms with E-state index in [1.165, 1.54) is 23.9 Å². The maximum Gasteiger partial charge on any atom is 0.234 e. The van der Waals surface area contributed by atoms with Crippen LogP contribution in [0.15, 0.2) is 52.4 Å². The fourth-order valence-electron chi connectivity index (χ4n) is 2.55. The number of carbonyl (C=O) groups excluding carboxylic acids is 1. The number of rotatable bonds is 4. The maximum atomic E-state index is 13.5. The second-order valence-electron chi connectivity index (χ2n) is 6.70. The Bertz CT molecular complexity index is 939. The lowest BCUT2D eigenvalue weighted by molar-refractivity contribution is -0.113. The van der Waals surface area contributed by atoms with E-state index in [0.29, 0.717) is 5.69 Å². The predicted molar refractivity (Wildman–Crippen MR) is 112 cm³/mol. The molecule has 1 aliphatic rings. The van der Waals surface area contributed by atoms with Gasteiger partial charge in [-0.2, -0.15) is 0 Å². The summed E-state index contributed by atoms with van der Waals surface area (Å²) in [6, 6.07) is 12.2. The van der Waals surface area contributed by atoms with E-state index in [1.807, 2.05) is 45.0 Å². The number of thioether (sulfide) groups is 1. The summed E-state index contributed by atoms with van der Waals surface area (Å²) in [5.41, 5.74) is 2.73. The Hall–Kier alpha value is -2.18. The largest absolute Gasteiger partial charge is 0.325 e. The minimum Gasteiger partial charge on any atom is -0.325 e. The predicted octanol–water partition coefficient (Wildman–Crippen LogP) is 5.10. The number of hydrogen-bond donors (Lipinski definition) is 1. The minimum atomic E-state index is -0.571. The van der Waals surface area contributed by atoms with Crippen LogP contribution >= 0.6 is 23.4 Å². The first-order chi connectivity index (χ1) is 12.7. The van der Waals surface area contributed by atoms with Crippen molar-refractivity contribution in [2.75, 3.05) is 11.1 Å². The lowest BCUT2D eigenvalue weighted by Gasteiger charge is -2.08. The average molecular weight is 404 g/mol. The molecule has 7 heteroatoms. The van der Waals surface area contributed by atoms with Crippen molar-refractivity contribution in [1.82, 2.24) is 0 Å². The second-order valence-corrected chi connectivity index (χ2v) is 8.07. The number of anilines is 1. The topological polar surface area (TPSA) is 53.8 Å². The van der Waals surface area contributed by atoms with Crippen LogP contribution in [0.4, 0.5) is 10.1 Å². The van der Waals surface area contributed by atoms with E-state index < -0.39 is 11.5 Å². The monoisotopic (exact) mass is 403 g/mol. The molecule has 4 nitrogen and oxygen atoms in total. The number of nitrogens with zero attached hydrogens (tertiary/aromatic N) is 2. The van der Waals surface area contributed by atoms with Crippen molar-refractivity contribution in [3.05, 3.63) is 64.4 Å². The molecule has 27 heavy (non-hydrogen) atoms. The smallest absolute Gasteiger partial charge is 0.234 e. The standard InChI is InChI=1S/C20H19ClFN3OS/c1-12-4-6-13(7-5-12)18-19(25-20(2,3)24-18)27-11-17(26)23-14-8-9-15(21)16(22)10-14/h4-10H,11H2,1-3H3,(H,23,26). The van der Waals surface area contributed by atoms with Crippen LogP contribution in [0, 0.1) is 12.7 Å². The molecule has 140 valence electrons. The number of aryl methyl sites for hydroxylation is 1. The van der Waals surface area contributed by atoms with Gasteiger partial charge in [-0.05, 0) is 39.0 Å². The molecule has 0 spiro atoms. The summed E-state index contributed by atoms with van der Waals surface area (Å²) < 4.78 is 13.5. The summed E-state index contributed by atoms with van der Waals surface area (Å²) in [4.78, 5) is 21.5. The SMILES string of the molecule is Cc1ccc(C2=NC(C)(C)N=C2SCC(=O)Nc2ccc(Cl)c(F)c2)cc1. The Morgan fingerprint density at radius 2 is 1.89 bits per heavy atom. The molecule has 0 fully saturated rings. The molecular weight excluding hydrogens is 385 g/mol. The Balaban J connectivity index is 1.68. The Kier molecular flexibility index (Phi) is 5.67. The molecule has 2 aromatic rings. The van der Waals surface area contributed by atoms with E-state index in [0.717, 1.165) is 21.9 Å². The summed E-state index contributed by atoms with van der Waals surface area (Å²) in [7, 11) is 0. The van der Waals surface area contributed by atoms with Gasteiger partial charge in [0.05, 0.1) is 16.5 Å². The Morgan fingerprint density at radius 1 is 1.19 bits per heavy atom. The number of benzene rings is 2. The third kappa shape index (κ3) is 4.96. The van der Waals surface area contributed by atoms with Crippen molar-refractivity contribution >= 4 is 45.7 Å². The number of amides is 1. The van der Waals surface area contributed by atoms with Crippen LogP contribution in [0.5, 0.6) is 0 Å². The lowest BCUT2D eigenvalue weighted by atomic mass is 10.1. The van der Waals surface area contributed by atoms with Crippen molar-refractivity contribution in [1.29, 1.82) is 0 Å². The van der Waals surface area contributed by atoms with Gasteiger partial charge < -0.3 is 5.32 Å². The van der Waals surface area contributed by atoms with Gasteiger partial charge in [-0.25, -0.2) is 9.38 Å². The molecule has 0 bridgehead atoms. The van der Waals surface area contributed by atoms with E-state index in [4.69, 9.17) is 11.6 Å². The highest BCUT2D eigenvalue weighted by molar-refractivity contribution is 8.16. The van der Waals surface area contributed by atoms with E-state index in [2.05, 4.69) is 15.3 Å². The van der Waals surface area contributed by atoms with E-state index in [1.54, 1.807) is 6.07 Å². The molecule has 1 heterocycles. The summed E-state index contributed by atoms with van der Waals surface area (Å²) in [6.07, 6.45) is 0. The van der Waals surface area contributed by atoms with Crippen LogP contribution in [0.1, 0.15) is 25.0 Å². The number of carbonyl (C=O) groups is 1. The molecule has 3 rings (SSSR count). The highest BCUT2D eigenvalue weighted by Gasteiger charge is 2.28. The van der Waals surface area contributed by atoms with Crippen LogP contribution in [0.3, 0.4) is 0 Å². The fourth-order valence-corrected chi connectivity index (χ4v) is 3.60. The molecule has 0 aromatic heterocycles. The lowest BCUT2D eigenvalue weighted by Crippen LogP contribution is -2.17. The molecule has 1 amide bonds. The van der Waals surface area contributed by atoms with Crippen molar-refractivity contribution in [3.63, 3.8) is 0 Å². The Labute approximate surface area is 166 Å². The first kappa shape index (κ1) is 19.6. The molecule has 0 aliphatic carbocycles. The summed E-state index contributed by atoms with van der Waals surface area (Å²) in [5.74, 6) is -0.681. The molecule has 0 radical (unpaired) electrons. The van der Waals surface area contributed by atoms with Crippen LogP contribution in [-0.4, -0.2) is 28.1 Å². The zero-order valence-electron chi connectivity index (χ0n) is 15.2. The summed E-state index contributed by atoms with van der Waals surface area (Å²) in [5, 5.41) is 3.40. The van der Waals surface area contributed by atoms with Crippen molar-refractivity contribution in [2.24, 2.45) is 9.98 Å². The van der Waals surface area contributed by atoms with Gasteiger partial charge in [0, 0.05) is 11.3 Å². The third-order valence-electron chi connectivity index (χ3n) is 3.83. The molecular formula is C20H19ClFN3OS. The molecule has 1 aliphatic heterocycles. The van der Waals surface area contributed by atoms with E-state index in [9.17, 15) is 9.18 Å². The van der Waals surface area contributed by atoms with Crippen LogP contribution < -0.4 is 5.32 Å². The number of hydrogen-bond acceptors (Lipinski definition) is 4. The van der Waals surface area contributed by atoms with Crippen molar-refractivity contribution in [3.8, 4) is 0 Å². The molecule has 0 unspecified atom stereocenters. The van der Waals surface area contributed by atoms with Gasteiger partial charge in [0.15, 0.2) is 0 Å². The number of aliphatic imine (C=N–C) groups is 2. The van der Waals surface area contributed by atoms with Gasteiger partial charge in [0.2, 0.25) is 5.91 Å². The molecule has 0 saturated carbocycles. The quantitative estimate of drug-likeness (QED) is 0.772. The molecule has 0 atom stereocenters. The van der Waals surface area contributed by atoms with Gasteiger partial charge in [0.25, 0.3) is 0 Å². The van der Waals surface area contributed by atoms with Crippen LogP contribution in [0.25, 0.3) is 0 Å². The molecule has 0 saturated heterocycles. The van der Waals surface area contributed by atoms with Gasteiger partial charge in [-0.15, -0.1) is 0 Å². The van der Waals surface area contributed by atoms with Crippen LogP contribution in [-0.2, 0) is 4.79 Å². The van der Waals surface area contributed by atoms with Crippen LogP contribution in [0.2, 0.25) is 5.02 Å². The highest BCUT2D eigenvalue weighted by atomic mass is 35.5. The summed E-state index contributed by atoms with van der Waals surface area (Å²) >= 11 is 6.97. The van der Waals surface area contributed by atoms with Gasteiger partial charge in [-0.3, -0.25) is 9.79 Å². The van der Waals surface area contributed by atoms with Gasteiger partial charge in [0.1, 0.15) is 16.5 Å². The number of halogens is 2. The number of nitrogens with one attached hydrogen (secondary N) is 1. The van der Waals surface area contributed by atoms with Crippen molar-refractivity contribution < 1.29 is 9.18 Å². The molecule has 2 aromatic carbocycles. The third-order valence-corrected chi connectivity index (χ3v) is 5.10. The average Bonchev–Trinajstić information content (AvgIpc) is 2.92. The maximum absolute atomic E-state index is 13.5. The Morgan fingerprint density at radius 3 is 2.56 bits per heavy atom. The van der Waals surface area contributed by atoms with Gasteiger partial charge >= 0.3 is 0 Å². The fraction of sp³-hybridized carbons (Fsp3) is 0.250. The van der Waals surface area contributed by atoms with Gasteiger partial charge in [-0.1, -0.05) is 53.2 Å². The highest BCUT2D eigenvalue weighted by Crippen LogP contribution is 2.27. The molecule has 1 N–H and O–H groups in total. The first-order valence-corrected chi connectivity index (χ1v) is 9.75. The normalized spacial score (nSPS) is 15.3. The van der Waals surface area contributed by atoms with E-state index in [-0.39, 0.29) is 16.7 Å². The zero-order chi connectivity index (χ0) is 19.6. The minimum absolute atomic E-state index is 0.0175. The van der Waals surface area contributed by atoms with E-state index >= 15 is 0 Å². The zero-order valence-corrected chi connectivity index (χ0v) is 16.8. The summed E-state index contributed by atoms with van der Waals surface area (Å²) in [6.45, 7) is 5.87. The first-order valence-electron chi connectivity index (χ1n) is 8.38. The second kappa shape index (κ2) is 7.82. The van der Waals surface area contributed by atoms with Crippen molar-refractivity contribution in [2.45, 2.75) is 26.4 Å².